The minimum atomic E-state index is -0.448. The van der Waals surface area contributed by atoms with Crippen LogP contribution < -0.4 is 15.2 Å². The van der Waals surface area contributed by atoms with E-state index in [9.17, 15) is 0 Å². The molecule has 4 rings (SSSR count). The van der Waals surface area contributed by atoms with Crippen molar-refractivity contribution in [1.29, 1.82) is 5.41 Å². The lowest BCUT2D eigenvalue weighted by Gasteiger charge is -2.18. The lowest BCUT2D eigenvalue weighted by molar-refractivity contribution is 0.146. The Balaban J connectivity index is 1.57. The van der Waals surface area contributed by atoms with Crippen LogP contribution in [0.3, 0.4) is 0 Å². The first-order chi connectivity index (χ1) is 16.4. The van der Waals surface area contributed by atoms with Crippen LogP contribution >= 0.6 is 23.2 Å². The Morgan fingerprint density at radius 3 is 2.56 bits per heavy atom. The second-order valence-electron chi connectivity index (χ2n) is 7.51. The van der Waals surface area contributed by atoms with Crippen molar-refractivity contribution in [1.82, 2.24) is 15.0 Å². The molecule has 176 valence electrons. The fourth-order valence-electron chi connectivity index (χ4n) is 3.47. The minimum absolute atomic E-state index is 0.133. The van der Waals surface area contributed by atoms with Gasteiger partial charge < -0.3 is 24.9 Å². The molecule has 34 heavy (non-hydrogen) atoms. The summed E-state index contributed by atoms with van der Waals surface area (Å²) in [7, 11) is 1.62. The average molecular weight is 500 g/mol. The van der Waals surface area contributed by atoms with Gasteiger partial charge in [-0.05, 0) is 37.3 Å². The molecule has 0 aliphatic carbocycles. The third kappa shape index (κ3) is 5.09. The summed E-state index contributed by atoms with van der Waals surface area (Å²) in [5.74, 6) is 1.57. The predicted octanol–water partition coefficient (Wildman–Crippen LogP) is 5.43. The number of fused-ring (bicyclic) bond motifs is 1. The summed E-state index contributed by atoms with van der Waals surface area (Å²) < 4.78 is 16.7. The highest BCUT2D eigenvalue weighted by atomic mass is 35.5. The van der Waals surface area contributed by atoms with Crippen LogP contribution in [0.15, 0.2) is 48.8 Å². The summed E-state index contributed by atoms with van der Waals surface area (Å²) in [6.07, 6.45) is 2.58. The van der Waals surface area contributed by atoms with Crippen molar-refractivity contribution >= 4 is 45.6 Å². The predicted molar refractivity (Wildman–Crippen MR) is 134 cm³/mol. The number of halogens is 2. The van der Waals surface area contributed by atoms with Crippen LogP contribution in [0.1, 0.15) is 30.0 Å². The Morgan fingerprint density at radius 1 is 1.09 bits per heavy atom. The zero-order valence-corrected chi connectivity index (χ0v) is 20.1. The number of nitrogen functional groups attached to an aromatic ring is 1. The van der Waals surface area contributed by atoms with Crippen molar-refractivity contribution in [3.8, 4) is 11.5 Å². The van der Waals surface area contributed by atoms with Crippen molar-refractivity contribution in [3.05, 3.63) is 75.8 Å². The summed E-state index contributed by atoms with van der Waals surface area (Å²) in [6, 6.07) is 10.6. The first-order valence-corrected chi connectivity index (χ1v) is 11.2. The number of imidazole rings is 1. The molecule has 10 heteroatoms. The van der Waals surface area contributed by atoms with E-state index >= 15 is 0 Å². The molecule has 2 aromatic heterocycles. The summed E-state index contributed by atoms with van der Waals surface area (Å²) in [5.41, 5.74) is 9.31. The number of aromatic amines is 1. The summed E-state index contributed by atoms with van der Waals surface area (Å²) >= 11 is 12.5. The van der Waals surface area contributed by atoms with E-state index in [0.717, 1.165) is 5.52 Å². The first kappa shape index (κ1) is 23.8. The van der Waals surface area contributed by atoms with Gasteiger partial charge in [-0.2, -0.15) is 0 Å². The van der Waals surface area contributed by atoms with E-state index in [1.165, 1.54) is 12.4 Å². The van der Waals surface area contributed by atoms with Crippen LogP contribution in [0.2, 0.25) is 10.0 Å². The number of nitrogens with zero attached hydrogens (tertiary/aromatic N) is 2. The quantitative estimate of drug-likeness (QED) is 0.160. The molecule has 2 aromatic carbocycles. The molecule has 0 bridgehead atoms. The van der Waals surface area contributed by atoms with Crippen LogP contribution in [-0.4, -0.2) is 41.0 Å². The second kappa shape index (κ2) is 10.3. The number of hydrogen-bond acceptors (Lipinski definition) is 7. The zero-order chi connectivity index (χ0) is 24.2. The average Bonchev–Trinajstić information content (AvgIpc) is 3.23. The van der Waals surface area contributed by atoms with Gasteiger partial charge in [-0.15, -0.1) is 0 Å². The van der Waals surface area contributed by atoms with Crippen molar-refractivity contribution in [3.63, 3.8) is 0 Å². The van der Waals surface area contributed by atoms with Crippen molar-refractivity contribution in [2.24, 2.45) is 0 Å². The van der Waals surface area contributed by atoms with Gasteiger partial charge in [-0.1, -0.05) is 23.2 Å². The molecule has 0 aliphatic heterocycles. The molecule has 0 aliphatic rings. The van der Waals surface area contributed by atoms with E-state index in [-0.39, 0.29) is 5.71 Å². The molecule has 0 saturated heterocycles. The van der Waals surface area contributed by atoms with Gasteiger partial charge in [0.1, 0.15) is 29.9 Å². The topological polar surface area (TPSA) is 119 Å². The van der Waals surface area contributed by atoms with E-state index in [1.807, 2.05) is 25.1 Å². The summed E-state index contributed by atoms with van der Waals surface area (Å²) in [4.78, 5) is 11.7. The SMILES string of the molecule is COCCOc1ccc2nc(C(=N)c3cc(OC(C)c4c(Cl)cncc4Cl)ccc3N)[nH]c2c1. The van der Waals surface area contributed by atoms with Gasteiger partial charge in [0.15, 0.2) is 5.82 Å². The van der Waals surface area contributed by atoms with Gasteiger partial charge in [0.25, 0.3) is 0 Å². The highest BCUT2D eigenvalue weighted by Gasteiger charge is 2.18. The second-order valence-corrected chi connectivity index (χ2v) is 8.32. The largest absolute Gasteiger partial charge is 0.491 e. The van der Waals surface area contributed by atoms with Crippen LogP contribution in [0, 0.1) is 5.41 Å². The zero-order valence-electron chi connectivity index (χ0n) is 18.6. The number of methoxy groups -OCH3 is 1. The maximum Gasteiger partial charge on any atom is 0.157 e. The fraction of sp³-hybridized carbons (Fsp3) is 0.208. The number of aromatic nitrogens is 3. The first-order valence-electron chi connectivity index (χ1n) is 10.4. The number of nitrogens with two attached hydrogens (primary N) is 1. The van der Waals surface area contributed by atoms with E-state index in [2.05, 4.69) is 15.0 Å². The summed E-state index contributed by atoms with van der Waals surface area (Å²) in [5, 5.41) is 9.54. The molecule has 2 heterocycles. The smallest absolute Gasteiger partial charge is 0.157 e. The van der Waals surface area contributed by atoms with E-state index < -0.39 is 6.10 Å². The van der Waals surface area contributed by atoms with Crippen molar-refractivity contribution in [2.75, 3.05) is 26.1 Å². The Labute approximate surface area is 206 Å². The number of anilines is 1. The number of nitrogens with one attached hydrogen (secondary N) is 2. The van der Waals surface area contributed by atoms with E-state index in [4.69, 9.17) is 48.6 Å². The van der Waals surface area contributed by atoms with Crippen LogP contribution in [0.5, 0.6) is 11.5 Å². The third-order valence-corrected chi connectivity index (χ3v) is 5.75. The van der Waals surface area contributed by atoms with Crippen molar-refractivity contribution in [2.45, 2.75) is 13.0 Å². The molecule has 0 radical (unpaired) electrons. The van der Waals surface area contributed by atoms with Crippen molar-refractivity contribution < 1.29 is 14.2 Å². The lowest BCUT2D eigenvalue weighted by atomic mass is 10.1. The number of hydrogen-bond donors (Lipinski definition) is 3. The van der Waals surface area contributed by atoms with E-state index in [1.54, 1.807) is 25.3 Å². The Kier molecular flexibility index (Phi) is 7.21. The third-order valence-electron chi connectivity index (χ3n) is 5.15. The van der Waals surface area contributed by atoms with Gasteiger partial charge in [0, 0.05) is 42.4 Å². The molecule has 0 amide bonds. The van der Waals surface area contributed by atoms with Gasteiger partial charge in [-0.25, -0.2) is 4.98 Å². The molecular weight excluding hydrogens is 477 g/mol. The molecule has 1 unspecified atom stereocenters. The maximum atomic E-state index is 8.72. The Hall–Kier alpha value is -3.33. The monoisotopic (exact) mass is 499 g/mol. The Bertz CT molecular complexity index is 1320. The lowest BCUT2D eigenvalue weighted by Crippen LogP contribution is -2.09. The number of benzene rings is 2. The van der Waals surface area contributed by atoms with Crippen LogP contribution in [-0.2, 0) is 4.74 Å². The molecule has 8 nitrogen and oxygen atoms in total. The number of ether oxygens (including phenoxy) is 3. The molecule has 0 spiro atoms. The number of pyridine rings is 1. The normalized spacial score (nSPS) is 12.0. The molecular formula is C24H23Cl2N5O3. The number of H-pyrrole nitrogens is 1. The highest BCUT2D eigenvalue weighted by molar-refractivity contribution is 6.35. The fourth-order valence-corrected chi connectivity index (χ4v) is 4.14. The van der Waals surface area contributed by atoms with Gasteiger partial charge in [0.2, 0.25) is 0 Å². The molecule has 0 fully saturated rings. The van der Waals surface area contributed by atoms with Crippen LogP contribution in [0.25, 0.3) is 11.0 Å². The molecule has 1 atom stereocenters. The Morgan fingerprint density at radius 2 is 1.82 bits per heavy atom. The number of rotatable bonds is 9. The highest BCUT2D eigenvalue weighted by Crippen LogP contribution is 2.33. The van der Waals surface area contributed by atoms with Gasteiger partial charge in [0.05, 0.1) is 27.7 Å². The van der Waals surface area contributed by atoms with E-state index in [0.29, 0.717) is 62.9 Å². The minimum Gasteiger partial charge on any atom is -0.491 e. The summed E-state index contributed by atoms with van der Waals surface area (Å²) in [6.45, 7) is 2.77. The van der Waals surface area contributed by atoms with Gasteiger partial charge in [-0.3, -0.25) is 10.4 Å². The van der Waals surface area contributed by atoms with Crippen LogP contribution in [0.4, 0.5) is 5.69 Å². The maximum absolute atomic E-state index is 8.72. The molecule has 4 aromatic rings. The molecule has 0 saturated carbocycles. The van der Waals surface area contributed by atoms with Gasteiger partial charge >= 0.3 is 0 Å². The molecule has 4 N–H and O–H groups in total. The standard InChI is InChI=1S/C24H23Cl2N5O3/c1-13(22-17(25)11-29-12-18(22)26)34-15-3-5-19(27)16(9-15)23(28)24-30-20-6-4-14(10-21(20)31-24)33-8-7-32-2/h3-6,9-13,28H,7-8,27H2,1-2H3,(H,30,31).